The molecule has 1 aliphatic rings. The third kappa shape index (κ3) is 3.13. The first-order valence-electron chi connectivity index (χ1n) is 6.84. The average molecular weight is 318 g/mol. The molecule has 1 aromatic carbocycles. The van der Waals surface area contributed by atoms with Crippen molar-refractivity contribution in [3.63, 3.8) is 0 Å². The molecule has 0 saturated carbocycles. The van der Waals surface area contributed by atoms with Crippen LogP contribution in [0.2, 0.25) is 0 Å². The molecule has 0 fully saturated rings. The zero-order chi connectivity index (χ0) is 16.4. The number of nitrogens with one attached hydrogen (secondary N) is 1. The number of benzene rings is 1. The molecule has 2 heterocycles. The lowest BCUT2D eigenvalue weighted by Gasteiger charge is -2.11. The average Bonchev–Trinajstić information content (AvgIpc) is 2.51. The minimum Gasteiger partial charge on any atom is -0.465 e. The van der Waals surface area contributed by atoms with E-state index in [0.29, 0.717) is 12.2 Å². The standard InChI is InChI=1S/C16H12F2N2O3/c17-11-5-10(6-12(18)7-11)9-20-15(21)13(8-19-16(20)22)14-3-1-2-4-23-14/h2-8H,1,9H2,(H,19,22). The van der Waals surface area contributed by atoms with Gasteiger partial charge in [0.2, 0.25) is 0 Å². The van der Waals surface area contributed by atoms with E-state index >= 15 is 0 Å². The van der Waals surface area contributed by atoms with Gasteiger partial charge in [0.25, 0.3) is 5.56 Å². The van der Waals surface area contributed by atoms with Crippen molar-refractivity contribution in [2.45, 2.75) is 13.0 Å². The van der Waals surface area contributed by atoms with Gasteiger partial charge in [-0.2, -0.15) is 0 Å². The van der Waals surface area contributed by atoms with E-state index in [4.69, 9.17) is 4.74 Å². The molecule has 0 atom stereocenters. The van der Waals surface area contributed by atoms with Crippen LogP contribution in [0.5, 0.6) is 0 Å². The van der Waals surface area contributed by atoms with Gasteiger partial charge in [0.15, 0.2) is 0 Å². The van der Waals surface area contributed by atoms with E-state index in [1.165, 1.54) is 12.5 Å². The van der Waals surface area contributed by atoms with Gasteiger partial charge < -0.3 is 9.72 Å². The van der Waals surface area contributed by atoms with Crippen LogP contribution in [-0.4, -0.2) is 9.55 Å². The first-order valence-corrected chi connectivity index (χ1v) is 6.84. The Morgan fingerprint density at radius 1 is 1.17 bits per heavy atom. The predicted molar refractivity (Wildman–Crippen MR) is 79.6 cm³/mol. The number of halogens is 2. The molecule has 0 amide bonds. The highest BCUT2D eigenvalue weighted by Gasteiger charge is 2.14. The fourth-order valence-electron chi connectivity index (χ4n) is 2.29. The number of hydrogen-bond acceptors (Lipinski definition) is 3. The van der Waals surface area contributed by atoms with Crippen molar-refractivity contribution in [1.29, 1.82) is 0 Å². The SMILES string of the molecule is O=c1[nH]cc(C2=CCC=CO2)c(=O)n1Cc1cc(F)cc(F)c1. The van der Waals surface area contributed by atoms with Crippen LogP contribution < -0.4 is 11.2 Å². The highest BCUT2D eigenvalue weighted by atomic mass is 19.1. The molecular weight excluding hydrogens is 306 g/mol. The van der Waals surface area contributed by atoms with E-state index in [2.05, 4.69) is 4.98 Å². The first kappa shape index (κ1) is 15.0. The maximum absolute atomic E-state index is 13.3. The van der Waals surface area contributed by atoms with Gasteiger partial charge in [-0.25, -0.2) is 13.6 Å². The zero-order valence-corrected chi connectivity index (χ0v) is 11.9. The third-order valence-corrected chi connectivity index (χ3v) is 3.32. The normalized spacial score (nSPS) is 13.6. The molecule has 23 heavy (non-hydrogen) atoms. The second-order valence-electron chi connectivity index (χ2n) is 4.97. The fraction of sp³-hybridized carbons (Fsp3) is 0.125. The lowest BCUT2D eigenvalue weighted by atomic mass is 10.2. The van der Waals surface area contributed by atoms with Gasteiger partial charge in [0.05, 0.1) is 18.4 Å². The van der Waals surface area contributed by atoms with E-state index in [1.54, 1.807) is 12.2 Å². The lowest BCUT2D eigenvalue weighted by molar-refractivity contribution is 0.425. The summed E-state index contributed by atoms with van der Waals surface area (Å²) in [5.74, 6) is -1.22. The van der Waals surface area contributed by atoms with Crippen LogP contribution in [0, 0.1) is 11.6 Å². The molecule has 0 radical (unpaired) electrons. The summed E-state index contributed by atoms with van der Waals surface area (Å²) in [5, 5.41) is 0. The summed E-state index contributed by atoms with van der Waals surface area (Å²) in [6.45, 7) is -0.250. The summed E-state index contributed by atoms with van der Waals surface area (Å²) in [6.07, 6.45) is 6.78. The van der Waals surface area contributed by atoms with Gasteiger partial charge >= 0.3 is 5.69 Å². The summed E-state index contributed by atoms with van der Waals surface area (Å²) in [4.78, 5) is 26.8. The van der Waals surface area contributed by atoms with Crippen LogP contribution in [0.15, 0.2) is 52.4 Å². The van der Waals surface area contributed by atoms with Gasteiger partial charge in [-0.3, -0.25) is 9.36 Å². The Balaban J connectivity index is 2.03. The quantitative estimate of drug-likeness (QED) is 0.943. The van der Waals surface area contributed by atoms with E-state index in [9.17, 15) is 18.4 Å². The Kier molecular flexibility index (Phi) is 3.92. The highest BCUT2D eigenvalue weighted by molar-refractivity contribution is 5.59. The van der Waals surface area contributed by atoms with E-state index in [-0.39, 0.29) is 17.7 Å². The molecule has 118 valence electrons. The Labute approximate surface area is 129 Å². The molecule has 0 aliphatic carbocycles. The van der Waals surface area contributed by atoms with Crippen LogP contribution in [-0.2, 0) is 11.3 Å². The summed E-state index contributed by atoms with van der Waals surface area (Å²) in [6, 6.07) is 2.86. The number of rotatable bonds is 3. The van der Waals surface area contributed by atoms with Crippen molar-refractivity contribution in [1.82, 2.24) is 9.55 Å². The second-order valence-corrected chi connectivity index (χ2v) is 4.97. The fourth-order valence-corrected chi connectivity index (χ4v) is 2.29. The molecule has 5 nitrogen and oxygen atoms in total. The first-order chi connectivity index (χ1) is 11.0. The van der Waals surface area contributed by atoms with Crippen LogP contribution >= 0.6 is 0 Å². The van der Waals surface area contributed by atoms with Gasteiger partial charge in [0, 0.05) is 12.3 Å². The molecular formula is C16H12F2N2O3. The maximum Gasteiger partial charge on any atom is 0.328 e. The van der Waals surface area contributed by atoms with Crippen LogP contribution in [0.4, 0.5) is 8.78 Å². The van der Waals surface area contributed by atoms with Gasteiger partial charge in [0.1, 0.15) is 17.4 Å². The summed E-state index contributed by atoms with van der Waals surface area (Å²) >= 11 is 0. The van der Waals surface area contributed by atoms with Crippen molar-refractivity contribution < 1.29 is 13.5 Å². The van der Waals surface area contributed by atoms with E-state index in [1.807, 2.05) is 0 Å². The number of nitrogens with zero attached hydrogens (tertiary/aromatic N) is 1. The van der Waals surface area contributed by atoms with Gasteiger partial charge in [-0.1, -0.05) is 0 Å². The highest BCUT2D eigenvalue weighted by Crippen LogP contribution is 2.16. The molecule has 3 rings (SSSR count). The number of H-pyrrole nitrogens is 1. The topological polar surface area (TPSA) is 64.1 Å². The Morgan fingerprint density at radius 3 is 2.57 bits per heavy atom. The summed E-state index contributed by atoms with van der Waals surface area (Å²) < 4.78 is 32.6. The number of ether oxygens (including phenoxy) is 1. The molecule has 1 aromatic heterocycles. The molecule has 2 aromatic rings. The minimum absolute atomic E-state index is 0.172. The van der Waals surface area contributed by atoms with Gasteiger partial charge in [-0.05, 0) is 36.3 Å². The number of aromatic nitrogens is 2. The van der Waals surface area contributed by atoms with Crippen molar-refractivity contribution in [2.75, 3.05) is 0 Å². The van der Waals surface area contributed by atoms with Crippen molar-refractivity contribution >= 4 is 5.76 Å². The molecule has 0 saturated heterocycles. The van der Waals surface area contributed by atoms with E-state index < -0.39 is 22.9 Å². The number of allylic oxidation sites excluding steroid dienone is 2. The Hall–Kier alpha value is -2.96. The smallest absolute Gasteiger partial charge is 0.328 e. The molecule has 1 aliphatic heterocycles. The van der Waals surface area contributed by atoms with Crippen LogP contribution in [0.3, 0.4) is 0 Å². The third-order valence-electron chi connectivity index (χ3n) is 3.32. The predicted octanol–water partition coefficient (Wildman–Crippen LogP) is 2.14. The monoisotopic (exact) mass is 318 g/mol. The minimum atomic E-state index is -0.774. The molecule has 1 N–H and O–H groups in total. The van der Waals surface area contributed by atoms with Gasteiger partial charge in [-0.15, -0.1) is 0 Å². The van der Waals surface area contributed by atoms with Crippen LogP contribution in [0.1, 0.15) is 17.5 Å². The molecule has 0 unspecified atom stereocenters. The maximum atomic E-state index is 13.3. The van der Waals surface area contributed by atoms with Crippen LogP contribution in [0.25, 0.3) is 5.76 Å². The number of hydrogen-bond donors (Lipinski definition) is 1. The molecule has 0 spiro atoms. The Morgan fingerprint density at radius 2 is 1.91 bits per heavy atom. The second kappa shape index (κ2) is 6.04. The molecule has 0 bridgehead atoms. The van der Waals surface area contributed by atoms with Crippen molar-refractivity contribution in [3.05, 3.63) is 86.4 Å². The lowest BCUT2D eigenvalue weighted by Crippen LogP contribution is -2.37. The Bertz CT molecular complexity index is 905. The molecule has 7 heteroatoms. The summed E-state index contributed by atoms with van der Waals surface area (Å²) in [5.41, 5.74) is -0.924. The largest absolute Gasteiger partial charge is 0.465 e. The van der Waals surface area contributed by atoms with Crippen molar-refractivity contribution in [3.8, 4) is 0 Å². The number of aromatic amines is 1. The van der Waals surface area contributed by atoms with Crippen molar-refractivity contribution in [2.24, 2.45) is 0 Å². The zero-order valence-electron chi connectivity index (χ0n) is 11.9. The van der Waals surface area contributed by atoms with E-state index in [0.717, 1.165) is 22.8 Å². The summed E-state index contributed by atoms with van der Waals surface area (Å²) in [7, 11) is 0.